The monoisotopic (exact) mass is 335 g/mol. The van der Waals surface area contributed by atoms with Crippen molar-refractivity contribution in [2.24, 2.45) is 0 Å². The molecule has 1 aromatic rings. The fourth-order valence-electron chi connectivity index (χ4n) is 2.35. The van der Waals surface area contributed by atoms with Crippen molar-refractivity contribution in [2.75, 3.05) is 11.9 Å². The Morgan fingerprint density at radius 3 is 2.38 bits per heavy atom. The molecule has 6 nitrogen and oxygen atoms in total. The van der Waals surface area contributed by atoms with Crippen LogP contribution in [-0.2, 0) is 14.1 Å². The van der Waals surface area contributed by atoms with Crippen LogP contribution >= 0.6 is 0 Å². The van der Waals surface area contributed by atoms with Gasteiger partial charge in [-0.2, -0.15) is 0 Å². The number of carboxylic acid groups (broad SMARTS) is 1. The number of benzene rings is 1. The zero-order valence-corrected chi connectivity index (χ0v) is 15.2. The van der Waals surface area contributed by atoms with E-state index >= 15 is 0 Å². The van der Waals surface area contributed by atoms with Gasteiger partial charge in [-0.05, 0) is 59.1 Å². The number of rotatable bonds is 6. The summed E-state index contributed by atoms with van der Waals surface area (Å²) in [5, 5.41) is 12.0. The summed E-state index contributed by atoms with van der Waals surface area (Å²) in [6, 6.07) is 4.78. The summed E-state index contributed by atoms with van der Waals surface area (Å²) in [6.07, 6.45) is 0. The lowest BCUT2D eigenvalue weighted by Crippen LogP contribution is -2.41. The minimum atomic E-state index is -0.924. The van der Waals surface area contributed by atoms with Crippen LogP contribution in [0.1, 0.15) is 41.5 Å². The molecule has 0 spiro atoms. The summed E-state index contributed by atoms with van der Waals surface area (Å²) >= 11 is 0. The van der Waals surface area contributed by atoms with Crippen LogP contribution in [0.2, 0.25) is 0 Å². The summed E-state index contributed by atoms with van der Waals surface area (Å²) < 4.78 is 17.8. The molecule has 24 heavy (non-hydrogen) atoms. The van der Waals surface area contributed by atoms with E-state index < -0.39 is 30.3 Å². The maximum absolute atomic E-state index is 11.0. The second-order valence-corrected chi connectivity index (χ2v) is 6.98. The third-order valence-corrected chi connectivity index (χ3v) is 4.57. The van der Waals surface area contributed by atoms with Gasteiger partial charge < -0.3 is 24.5 Å². The Morgan fingerprint density at radius 2 is 1.88 bits per heavy atom. The number of carboxylic acids is 1. The van der Waals surface area contributed by atoms with E-state index in [9.17, 15) is 4.79 Å². The van der Waals surface area contributed by atoms with Crippen molar-refractivity contribution in [3.8, 4) is 5.75 Å². The fourth-order valence-corrected chi connectivity index (χ4v) is 2.35. The quantitative estimate of drug-likeness (QED) is 0.777. The van der Waals surface area contributed by atoms with E-state index in [0.29, 0.717) is 18.0 Å². The lowest BCUT2D eigenvalue weighted by atomic mass is 9.79. The van der Waals surface area contributed by atoms with Crippen molar-refractivity contribution in [3.63, 3.8) is 0 Å². The largest absolute Gasteiger partial charge is 0.494 e. The molecule has 1 heterocycles. The number of ether oxygens (including phenoxy) is 1. The smallest absolute Gasteiger partial charge is 0.492 e. The van der Waals surface area contributed by atoms with Crippen LogP contribution in [-0.4, -0.2) is 42.0 Å². The minimum absolute atomic E-state index is 0.418. The third kappa shape index (κ3) is 3.67. The third-order valence-electron chi connectivity index (χ3n) is 4.57. The van der Waals surface area contributed by atoms with Crippen LogP contribution in [0, 0.1) is 0 Å². The molecule has 1 aliphatic heterocycles. The minimum Gasteiger partial charge on any atom is -0.492 e. The van der Waals surface area contributed by atoms with Gasteiger partial charge in [0.1, 0.15) is 11.8 Å². The topological polar surface area (TPSA) is 77.0 Å². The summed E-state index contributed by atoms with van der Waals surface area (Å²) in [4.78, 5) is 11.0. The Bertz CT molecular complexity index is 601. The van der Waals surface area contributed by atoms with Crippen LogP contribution < -0.4 is 15.5 Å². The van der Waals surface area contributed by atoms with Gasteiger partial charge in [0.05, 0.1) is 23.5 Å². The van der Waals surface area contributed by atoms with Crippen LogP contribution in [0.25, 0.3) is 0 Å². The normalized spacial score (nSPS) is 19.8. The SMILES string of the molecule is CCOc1cc(B2OC(C)(C)C(C)(C)O2)ccc1NC(C)C(=O)O. The first-order valence-electron chi connectivity index (χ1n) is 8.19. The first-order chi connectivity index (χ1) is 11.1. The molecule has 0 amide bonds. The zero-order valence-electron chi connectivity index (χ0n) is 15.2. The van der Waals surface area contributed by atoms with Gasteiger partial charge in [-0.15, -0.1) is 0 Å². The highest BCUT2D eigenvalue weighted by atomic mass is 16.7. The summed E-state index contributed by atoms with van der Waals surface area (Å²) in [5.74, 6) is -0.342. The molecule has 2 N–H and O–H groups in total. The predicted octanol–water partition coefficient (Wildman–Crippen LogP) is 2.27. The van der Waals surface area contributed by atoms with Gasteiger partial charge in [0.25, 0.3) is 0 Å². The van der Waals surface area contributed by atoms with Gasteiger partial charge in [0, 0.05) is 0 Å². The highest BCUT2D eigenvalue weighted by Gasteiger charge is 2.51. The van der Waals surface area contributed by atoms with Crippen molar-refractivity contribution in [1.29, 1.82) is 0 Å². The van der Waals surface area contributed by atoms with Crippen LogP contribution in [0.5, 0.6) is 5.75 Å². The molecule has 1 saturated heterocycles. The van der Waals surface area contributed by atoms with E-state index in [-0.39, 0.29) is 0 Å². The van der Waals surface area contributed by atoms with Gasteiger partial charge in [0.15, 0.2) is 0 Å². The summed E-state index contributed by atoms with van der Waals surface area (Å²) in [6.45, 7) is 11.9. The predicted molar refractivity (Wildman–Crippen MR) is 94.0 cm³/mol. The molecule has 132 valence electrons. The lowest BCUT2D eigenvalue weighted by Gasteiger charge is -2.32. The van der Waals surface area contributed by atoms with Crippen LogP contribution in [0.3, 0.4) is 0 Å². The molecule has 1 unspecified atom stereocenters. The molecule has 0 aliphatic carbocycles. The first-order valence-corrected chi connectivity index (χ1v) is 8.19. The highest BCUT2D eigenvalue weighted by molar-refractivity contribution is 6.62. The number of anilines is 1. The molecule has 2 rings (SSSR count). The second-order valence-electron chi connectivity index (χ2n) is 6.98. The van der Waals surface area contributed by atoms with E-state index in [1.54, 1.807) is 13.0 Å². The summed E-state index contributed by atoms with van der Waals surface area (Å²) in [5.41, 5.74) is 0.633. The highest BCUT2D eigenvalue weighted by Crippen LogP contribution is 2.37. The standard InChI is InChI=1S/C17H26BNO5/c1-7-22-14-10-12(8-9-13(14)19-11(2)15(20)21)18-23-16(3,4)17(5,6)24-18/h8-11,19H,7H2,1-6H3,(H,20,21). The molecule has 7 heteroatoms. The molecule has 0 radical (unpaired) electrons. The Labute approximate surface area is 143 Å². The number of nitrogens with one attached hydrogen (secondary N) is 1. The molecule has 1 fully saturated rings. The number of carbonyl (C=O) groups is 1. The van der Waals surface area contributed by atoms with Gasteiger partial charge >= 0.3 is 13.1 Å². The average Bonchev–Trinajstić information content (AvgIpc) is 2.69. The van der Waals surface area contributed by atoms with Crippen LogP contribution in [0.15, 0.2) is 18.2 Å². The molecular weight excluding hydrogens is 309 g/mol. The van der Waals surface area contributed by atoms with Crippen molar-refractivity contribution < 1.29 is 23.9 Å². The van der Waals surface area contributed by atoms with Gasteiger partial charge in [0.2, 0.25) is 0 Å². The number of hydrogen-bond acceptors (Lipinski definition) is 5. The molecular formula is C17H26BNO5. The van der Waals surface area contributed by atoms with E-state index in [1.165, 1.54) is 0 Å². The molecule has 0 saturated carbocycles. The molecule has 1 aromatic carbocycles. The zero-order chi connectivity index (χ0) is 18.1. The second kappa shape index (κ2) is 6.65. The van der Waals surface area contributed by atoms with Gasteiger partial charge in [-0.3, -0.25) is 4.79 Å². The van der Waals surface area contributed by atoms with Crippen molar-refractivity contribution in [1.82, 2.24) is 0 Å². The maximum atomic E-state index is 11.0. The molecule has 0 bridgehead atoms. The van der Waals surface area contributed by atoms with Gasteiger partial charge in [-0.1, -0.05) is 6.07 Å². The van der Waals surface area contributed by atoms with E-state index in [2.05, 4.69) is 5.32 Å². The lowest BCUT2D eigenvalue weighted by molar-refractivity contribution is -0.137. The van der Waals surface area contributed by atoms with E-state index in [1.807, 2.05) is 46.8 Å². The van der Waals surface area contributed by atoms with Crippen molar-refractivity contribution >= 4 is 24.2 Å². The Morgan fingerprint density at radius 1 is 1.29 bits per heavy atom. The maximum Gasteiger partial charge on any atom is 0.494 e. The number of aliphatic carboxylic acids is 1. The fraction of sp³-hybridized carbons (Fsp3) is 0.588. The van der Waals surface area contributed by atoms with E-state index in [0.717, 1.165) is 5.46 Å². The van der Waals surface area contributed by atoms with Crippen molar-refractivity contribution in [3.05, 3.63) is 18.2 Å². The Kier molecular flexibility index (Phi) is 5.15. The first kappa shape index (κ1) is 18.6. The molecule has 1 atom stereocenters. The molecule has 0 aromatic heterocycles. The number of hydrogen-bond donors (Lipinski definition) is 2. The Balaban J connectivity index is 2.28. The van der Waals surface area contributed by atoms with Crippen molar-refractivity contribution in [2.45, 2.75) is 58.8 Å². The van der Waals surface area contributed by atoms with Gasteiger partial charge in [-0.25, -0.2) is 0 Å². The average molecular weight is 335 g/mol. The molecule has 1 aliphatic rings. The summed E-state index contributed by atoms with van der Waals surface area (Å²) in [7, 11) is -0.486. The van der Waals surface area contributed by atoms with Crippen LogP contribution in [0.4, 0.5) is 5.69 Å². The van der Waals surface area contributed by atoms with E-state index in [4.69, 9.17) is 19.2 Å². The Hall–Kier alpha value is -1.73.